The molecule has 1 fully saturated rings. The molecule has 18 heavy (non-hydrogen) atoms. The van der Waals surface area contributed by atoms with E-state index in [9.17, 15) is 8.78 Å². The van der Waals surface area contributed by atoms with Crippen LogP contribution in [0.5, 0.6) is 0 Å². The van der Waals surface area contributed by atoms with Gasteiger partial charge in [0.05, 0.1) is 0 Å². The largest absolute Gasteiger partial charge is 0.325 e. The summed E-state index contributed by atoms with van der Waals surface area (Å²) in [6.07, 6.45) is 2.83. The van der Waals surface area contributed by atoms with Crippen LogP contribution in [-0.4, -0.2) is 11.5 Å². The number of rotatable bonds is 1. The first-order valence-corrected chi connectivity index (χ1v) is 6.75. The van der Waals surface area contributed by atoms with E-state index in [1.807, 2.05) is 12.1 Å². The molecular weight excluding hydrogens is 232 g/mol. The van der Waals surface area contributed by atoms with E-state index in [4.69, 9.17) is 5.73 Å². The van der Waals surface area contributed by atoms with Crippen LogP contribution < -0.4 is 5.73 Å². The lowest BCUT2D eigenvalue weighted by molar-refractivity contribution is -0.0540. The van der Waals surface area contributed by atoms with Gasteiger partial charge in [0.2, 0.25) is 5.92 Å². The van der Waals surface area contributed by atoms with Crippen molar-refractivity contribution in [2.75, 3.05) is 0 Å². The maximum absolute atomic E-state index is 13.3. The highest BCUT2D eigenvalue weighted by Crippen LogP contribution is 2.48. The van der Waals surface area contributed by atoms with Crippen LogP contribution >= 0.6 is 0 Å². The maximum Gasteiger partial charge on any atom is 0.248 e. The molecule has 3 rings (SSSR count). The molecule has 0 spiro atoms. The topological polar surface area (TPSA) is 26.0 Å². The predicted molar refractivity (Wildman–Crippen MR) is 67.8 cm³/mol. The third kappa shape index (κ3) is 1.95. The van der Waals surface area contributed by atoms with Gasteiger partial charge in [-0.15, -0.1) is 0 Å². The average molecular weight is 251 g/mol. The van der Waals surface area contributed by atoms with Crippen molar-refractivity contribution in [3.05, 3.63) is 35.4 Å². The summed E-state index contributed by atoms with van der Waals surface area (Å²) in [5.74, 6) is -2.23. The lowest BCUT2D eigenvalue weighted by Gasteiger charge is -2.41. The number of aryl methyl sites for hydroxylation is 1. The van der Waals surface area contributed by atoms with Crippen molar-refractivity contribution in [1.29, 1.82) is 0 Å². The fourth-order valence-corrected chi connectivity index (χ4v) is 3.58. The van der Waals surface area contributed by atoms with Gasteiger partial charge in [-0.05, 0) is 36.8 Å². The highest BCUT2D eigenvalue weighted by atomic mass is 19.3. The standard InChI is InChI=1S/C15H19F2N/c16-15(17)9-7-14(18,8-10-15)13-6-5-11-3-1-2-4-12(11)13/h1-4,13H,5-10,18H2. The van der Waals surface area contributed by atoms with Gasteiger partial charge in [0.1, 0.15) is 0 Å². The third-order valence-electron chi connectivity index (χ3n) is 4.74. The molecule has 1 unspecified atom stereocenters. The van der Waals surface area contributed by atoms with Crippen molar-refractivity contribution in [3.8, 4) is 0 Å². The average Bonchev–Trinajstić information content (AvgIpc) is 2.78. The lowest BCUT2D eigenvalue weighted by Crippen LogP contribution is -2.50. The number of nitrogens with two attached hydrogens (primary N) is 1. The van der Waals surface area contributed by atoms with Crippen molar-refractivity contribution in [3.63, 3.8) is 0 Å². The lowest BCUT2D eigenvalue weighted by atomic mass is 9.70. The van der Waals surface area contributed by atoms with Crippen molar-refractivity contribution in [2.45, 2.75) is 55.9 Å². The fourth-order valence-electron chi connectivity index (χ4n) is 3.58. The minimum absolute atomic E-state index is 0.0534. The van der Waals surface area contributed by atoms with Crippen molar-refractivity contribution in [1.82, 2.24) is 0 Å². The molecule has 2 aliphatic carbocycles. The highest BCUT2D eigenvalue weighted by Gasteiger charge is 2.46. The molecule has 0 bridgehead atoms. The molecule has 1 nitrogen and oxygen atoms in total. The van der Waals surface area contributed by atoms with Crippen LogP contribution in [0.25, 0.3) is 0 Å². The van der Waals surface area contributed by atoms with Gasteiger partial charge in [0.25, 0.3) is 0 Å². The minimum Gasteiger partial charge on any atom is -0.325 e. The van der Waals surface area contributed by atoms with E-state index >= 15 is 0 Å². The van der Waals surface area contributed by atoms with E-state index in [-0.39, 0.29) is 18.8 Å². The first kappa shape index (κ1) is 12.1. The van der Waals surface area contributed by atoms with Crippen LogP contribution in [0.3, 0.4) is 0 Å². The molecule has 0 heterocycles. The van der Waals surface area contributed by atoms with E-state index in [1.165, 1.54) is 11.1 Å². The Hall–Kier alpha value is -0.960. The van der Waals surface area contributed by atoms with E-state index in [0.29, 0.717) is 12.8 Å². The Balaban J connectivity index is 1.84. The Morgan fingerprint density at radius 2 is 1.72 bits per heavy atom. The second kappa shape index (κ2) is 4.02. The number of halogens is 2. The monoisotopic (exact) mass is 251 g/mol. The highest BCUT2D eigenvalue weighted by molar-refractivity contribution is 5.37. The minimum atomic E-state index is -2.50. The van der Waals surface area contributed by atoms with Crippen molar-refractivity contribution >= 4 is 0 Å². The first-order chi connectivity index (χ1) is 8.50. The Labute approximate surface area is 106 Å². The summed E-state index contributed by atoms with van der Waals surface area (Å²) in [7, 11) is 0. The van der Waals surface area contributed by atoms with E-state index in [0.717, 1.165) is 12.8 Å². The third-order valence-corrected chi connectivity index (χ3v) is 4.74. The Bertz CT molecular complexity index is 446. The Morgan fingerprint density at radius 1 is 1.06 bits per heavy atom. The van der Waals surface area contributed by atoms with Gasteiger partial charge < -0.3 is 5.73 Å². The van der Waals surface area contributed by atoms with Crippen molar-refractivity contribution in [2.24, 2.45) is 5.73 Å². The number of fused-ring (bicyclic) bond motifs is 1. The quantitative estimate of drug-likeness (QED) is 0.810. The molecule has 98 valence electrons. The summed E-state index contributed by atoms with van der Waals surface area (Å²) >= 11 is 0. The van der Waals surface area contributed by atoms with Crippen LogP contribution in [-0.2, 0) is 6.42 Å². The van der Waals surface area contributed by atoms with Crippen molar-refractivity contribution < 1.29 is 8.78 Å². The van der Waals surface area contributed by atoms with Gasteiger partial charge in [-0.2, -0.15) is 0 Å². The SMILES string of the molecule is NC1(C2CCc3ccccc32)CCC(F)(F)CC1. The molecule has 1 aromatic carbocycles. The summed E-state index contributed by atoms with van der Waals surface area (Å²) in [5, 5.41) is 0. The van der Waals surface area contributed by atoms with Gasteiger partial charge in [-0.3, -0.25) is 0 Å². The number of benzene rings is 1. The first-order valence-electron chi connectivity index (χ1n) is 6.75. The second-order valence-electron chi connectivity index (χ2n) is 5.88. The van der Waals surface area contributed by atoms with Gasteiger partial charge >= 0.3 is 0 Å². The Morgan fingerprint density at radius 3 is 2.44 bits per heavy atom. The van der Waals surface area contributed by atoms with Crippen LogP contribution in [0.15, 0.2) is 24.3 Å². The Kier molecular flexibility index (Phi) is 2.70. The molecule has 0 saturated heterocycles. The molecule has 0 aliphatic heterocycles. The van der Waals surface area contributed by atoms with Crippen LogP contribution in [0, 0.1) is 0 Å². The van der Waals surface area contributed by atoms with E-state index < -0.39 is 11.5 Å². The summed E-state index contributed by atoms with van der Waals surface area (Å²) in [4.78, 5) is 0. The normalized spacial score (nSPS) is 28.9. The molecule has 0 radical (unpaired) electrons. The number of hydrogen-bond acceptors (Lipinski definition) is 1. The summed E-state index contributed by atoms with van der Waals surface area (Å²) < 4.78 is 26.6. The summed E-state index contributed by atoms with van der Waals surface area (Å²) in [5.41, 5.74) is 8.69. The van der Waals surface area contributed by atoms with Gasteiger partial charge in [-0.1, -0.05) is 24.3 Å². The molecule has 1 atom stereocenters. The molecule has 3 heteroatoms. The molecule has 1 aromatic rings. The zero-order valence-corrected chi connectivity index (χ0v) is 10.5. The van der Waals surface area contributed by atoms with Crippen LogP contribution in [0.1, 0.15) is 49.1 Å². The van der Waals surface area contributed by atoms with Crippen LogP contribution in [0.2, 0.25) is 0 Å². The second-order valence-corrected chi connectivity index (χ2v) is 5.88. The molecular formula is C15H19F2N. The maximum atomic E-state index is 13.3. The smallest absolute Gasteiger partial charge is 0.248 e. The van der Waals surface area contributed by atoms with Crippen LogP contribution in [0.4, 0.5) is 8.78 Å². The van der Waals surface area contributed by atoms with E-state index in [2.05, 4.69) is 12.1 Å². The van der Waals surface area contributed by atoms with E-state index in [1.54, 1.807) is 0 Å². The van der Waals surface area contributed by atoms with Gasteiger partial charge in [0, 0.05) is 24.3 Å². The molecule has 2 aliphatic rings. The predicted octanol–water partition coefficient (Wildman–Crippen LogP) is 3.62. The molecule has 0 aromatic heterocycles. The number of alkyl halides is 2. The van der Waals surface area contributed by atoms with Gasteiger partial charge in [-0.25, -0.2) is 8.78 Å². The molecule has 0 amide bonds. The number of hydrogen-bond donors (Lipinski definition) is 1. The molecule has 1 saturated carbocycles. The summed E-state index contributed by atoms with van der Waals surface area (Å²) in [6, 6.07) is 8.32. The van der Waals surface area contributed by atoms with Gasteiger partial charge in [0.15, 0.2) is 0 Å². The molecule has 2 N–H and O–H groups in total. The summed E-state index contributed by atoms with van der Waals surface area (Å²) in [6.45, 7) is 0. The fraction of sp³-hybridized carbons (Fsp3) is 0.600. The zero-order valence-electron chi connectivity index (χ0n) is 10.5. The zero-order chi connectivity index (χ0) is 12.8.